The number of aromatic amines is 1. The summed E-state index contributed by atoms with van der Waals surface area (Å²) < 4.78 is 3.93. The summed E-state index contributed by atoms with van der Waals surface area (Å²) in [6.45, 7) is 7.83. The summed E-state index contributed by atoms with van der Waals surface area (Å²) in [4.78, 5) is 18.2. The van der Waals surface area contributed by atoms with Crippen LogP contribution in [-0.2, 0) is 0 Å². The third-order valence-electron chi connectivity index (χ3n) is 6.80. The highest BCUT2D eigenvalue weighted by Gasteiger charge is 2.23. The summed E-state index contributed by atoms with van der Waals surface area (Å²) in [5.74, 6) is 1.69. The lowest BCUT2D eigenvalue weighted by molar-refractivity contribution is 0.431. The van der Waals surface area contributed by atoms with E-state index >= 15 is 0 Å². The molecule has 0 radical (unpaired) electrons. The molecule has 8 nitrogen and oxygen atoms in total. The molecule has 4 aromatic rings. The number of piperazine rings is 1. The predicted molar refractivity (Wildman–Crippen MR) is 140 cm³/mol. The lowest BCUT2D eigenvalue weighted by Gasteiger charge is -2.31. The average Bonchev–Trinajstić information content (AvgIpc) is 3.52. The minimum atomic E-state index is 0.744. The van der Waals surface area contributed by atoms with Gasteiger partial charge < -0.3 is 14.8 Å². The summed E-state index contributed by atoms with van der Waals surface area (Å²) in [7, 11) is 0. The topological polar surface area (TPSA) is 69.1 Å². The Morgan fingerprint density at radius 3 is 2.50 bits per heavy atom. The smallest absolute Gasteiger partial charge is 0.205 e. The van der Waals surface area contributed by atoms with Crippen LogP contribution in [0.25, 0.3) is 28.2 Å². The number of H-pyrrole nitrogens is 1. The zero-order valence-electron chi connectivity index (χ0n) is 19.5. The molecule has 0 aliphatic carbocycles. The standard InChI is InChI=1S/C25H30N8S/c1-18-6-5-7-19(16-18)20-8-11-33(29-20)22-17-21(30-9-3-2-4-10-30)23-24(26-22)28-25(27-23)31-12-14-32(34)15-13-31/h5-8,11,16-17,34H,2-4,9-10,12-15H2,1H3,(H,26,27,28). The Bertz CT molecular complexity index is 1300. The van der Waals surface area contributed by atoms with Crippen LogP contribution in [0.4, 0.5) is 11.6 Å². The fourth-order valence-electron chi connectivity index (χ4n) is 4.92. The van der Waals surface area contributed by atoms with E-state index in [2.05, 4.69) is 69.2 Å². The second-order valence-electron chi connectivity index (χ2n) is 9.26. The number of piperidine rings is 1. The summed E-state index contributed by atoms with van der Waals surface area (Å²) in [5.41, 5.74) is 6.20. The number of imidazole rings is 1. The van der Waals surface area contributed by atoms with Crippen molar-refractivity contribution in [1.29, 1.82) is 0 Å². The number of hydrogen-bond acceptors (Lipinski definition) is 7. The second-order valence-corrected chi connectivity index (χ2v) is 9.83. The van der Waals surface area contributed by atoms with Gasteiger partial charge in [-0.15, -0.1) is 0 Å². The molecule has 0 atom stereocenters. The first-order chi connectivity index (χ1) is 16.6. The van der Waals surface area contributed by atoms with Crippen LogP contribution in [0.1, 0.15) is 24.8 Å². The lowest BCUT2D eigenvalue weighted by Crippen LogP contribution is -2.42. The van der Waals surface area contributed by atoms with Crippen molar-refractivity contribution in [3.05, 3.63) is 48.2 Å². The summed E-state index contributed by atoms with van der Waals surface area (Å²) >= 11 is 4.48. The number of nitrogens with one attached hydrogen (secondary N) is 1. The molecule has 6 rings (SSSR count). The Kier molecular flexibility index (Phi) is 5.66. The molecule has 1 N–H and O–H groups in total. The van der Waals surface area contributed by atoms with Gasteiger partial charge in [0, 0.05) is 57.1 Å². The van der Waals surface area contributed by atoms with Crippen molar-refractivity contribution in [2.24, 2.45) is 0 Å². The van der Waals surface area contributed by atoms with Gasteiger partial charge in [-0.05, 0) is 38.3 Å². The molecule has 2 fully saturated rings. The van der Waals surface area contributed by atoms with E-state index in [1.165, 1.54) is 30.5 Å². The van der Waals surface area contributed by atoms with E-state index in [1.807, 2.05) is 16.9 Å². The normalized spacial score (nSPS) is 17.6. The van der Waals surface area contributed by atoms with Crippen LogP contribution in [0.2, 0.25) is 0 Å². The third kappa shape index (κ3) is 4.14. The van der Waals surface area contributed by atoms with E-state index in [-0.39, 0.29) is 0 Å². The SMILES string of the molecule is Cc1cccc(-c2ccn(-c3cc(N4CCCCC4)c4[nH]c(N5CCN(S)CC5)nc4n3)n2)c1. The van der Waals surface area contributed by atoms with Gasteiger partial charge in [0.2, 0.25) is 5.95 Å². The van der Waals surface area contributed by atoms with Crippen molar-refractivity contribution in [1.82, 2.24) is 29.0 Å². The van der Waals surface area contributed by atoms with Gasteiger partial charge >= 0.3 is 0 Å². The zero-order chi connectivity index (χ0) is 23.1. The largest absolute Gasteiger partial charge is 0.370 e. The molecule has 2 aliphatic rings. The molecule has 0 unspecified atom stereocenters. The highest BCUT2D eigenvalue weighted by molar-refractivity contribution is 7.77. The number of anilines is 2. The van der Waals surface area contributed by atoms with Crippen molar-refractivity contribution >= 4 is 35.6 Å². The molecule has 2 saturated heterocycles. The van der Waals surface area contributed by atoms with E-state index in [0.717, 1.165) is 73.5 Å². The fourth-order valence-corrected chi connectivity index (χ4v) is 5.09. The predicted octanol–water partition coefficient (Wildman–Crippen LogP) is 4.08. The van der Waals surface area contributed by atoms with Crippen LogP contribution >= 0.6 is 12.8 Å². The first-order valence-electron chi connectivity index (χ1n) is 12.1. The number of pyridine rings is 1. The van der Waals surface area contributed by atoms with Gasteiger partial charge in [0.1, 0.15) is 5.52 Å². The van der Waals surface area contributed by atoms with Crippen molar-refractivity contribution in [2.45, 2.75) is 26.2 Å². The Balaban J connectivity index is 1.41. The Morgan fingerprint density at radius 2 is 1.71 bits per heavy atom. The lowest BCUT2D eigenvalue weighted by atomic mass is 10.1. The van der Waals surface area contributed by atoms with Gasteiger partial charge in [-0.3, -0.25) is 0 Å². The first-order valence-corrected chi connectivity index (χ1v) is 12.5. The molecule has 0 bridgehead atoms. The Labute approximate surface area is 205 Å². The van der Waals surface area contributed by atoms with E-state index in [0.29, 0.717) is 0 Å². The molecule has 5 heterocycles. The van der Waals surface area contributed by atoms with Crippen molar-refractivity contribution in [2.75, 3.05) is 49.1 Å². The molecule has 34 heavy (non-hydrogen) atoms. The number of aryl methyl sites for hydroxylation is 1. The molecule has 2 aliphatic heterocycles. The molecule has 9 heteroatoms. The Morgan fingerprint density at radius 1 is 0.882 bits per heavy atom. The molecule has 176 valence electrons. The first kappa shape index (κ1) is 21.5. The number of rotatable bonds is 4. The highest BCUT2D eigenvalue weighted by atomic mass is 32.1. The maximum absolute atomic E-state index is 4.94. The van der Waals surface area contributed by atoms with Gasteiger partial charge in [0.15, 0.2) is 11.5 Å². The summed E-state index contributed by atoms with van der Waals surface area (Å²) in [6, 6.07) is 12.6. The molecule has 0 amide bonds. The van der Waals surface area contributed by atoms with Gasteiger partial charge in [0.05, 0.1) is 11.4 Å². The van der Waals surface area contributed by atoms with E-state index < -0.39 is 0 Å². The van der Waals surface area contributed by atoms with E-state index in [1.54, 1.807) is 0 Å². The third-order valence-corrected chi connectivity index (χ3v) is 7.20. The van der Waals surface area contributed by atoms with Gasteiger partial charge in [-0.1, -0.05) is 36.6 Å². The number of hydrogen-bond donors (Lipinski definition) is 2. The van der Waals surface area contributed by atoms with Crippen LogP contribution in [0.3, 0.4) is 0 Å². The monoisotopic (exact) mass is 474 g/mol. The molecule has 0 spiro atoms. The van der Waals surface area contributed by atoms with E-state index in [9.17, 15) is 0 Å². The highest BCUT2D eigenvalue weighted by Crippen LogP contribution is 2.31. The van der Waals surface area contributed by atoms with Crippen LogP contribution in [0.5, 0.6) is 0 Å². The fraction of sp³-hybridized carbons (Fsp3) is 0.400. The Hall–Kier alpha value is -3.04. The molecular formula is C25H30N8S. The average molecular weight is 475 g/mol. The van der Waals surface area contributed by atoms with Crippen LogP contribution in [-0.4, -0.2) is 68.3 Å². The quantitative estimate of drug-likeness (QED) is 0.435. The van der Waals surface area contributed by atoms with Crippen LogP contribution in [0.15, 0.2) is 42.6 Å². The zero-order valence-corrected chi connectivity index (χ0v) is 20.4. The minimum absolute atomic E-state index is 0.744. The van der Waals surface area contributed by atoms with Gasteiger partial charge in [-0.2, -0.15) is 10.1 Å². The number of thiol groups is 1. The number of aromatic nitrogens is 5. The van der Waals surface area contributed by atoms with E-state index in [4.69, 9.17) is 15.1 Å². The second kappa shape index (κ2) is 8.96. The van der Waals surface area contributed by atoms with Crippen molar-refractivity contribution in [3.63, 3.8) is 0 Å². The number of benzene rings is 1. The molecular weight excluding hydrogens is 444 g/mol. The van der Waals surface area contributed by atoms with Crippen molar-refractivity contribution in [3.8, 4) is 17.1 Å². The van der Waals surface area contributed by atoms with Crippen molar-refractivity contribution < 1.29 is 0 Å². The summed E-state index contributed by atoms with van der Waals surface area (Å²) in [6.07, 6.45) is 5.71. The maximum atomic E-state index is 4.94. The number of fused-ring (bicyclic) bond motifs is 1. The molecule has 3 aromatic heterocycles. The minimum Gasteiger partial charge on any atom is -0.370 e. The summed E-state index contributed by atoms with van der Waals surface area (Å²) in [5, 5.41) is 4.86. The van der Waals surface area contributed by atoms with Crippen LogP contribution in [0, 0.1) is 6.92 Å². The van der Waals surface area contributed by atoms with Gasteiger partial charge in [-0.25, -0.2) is 14.0 Å². The number of nitrogens with zero attached hydrogens (tertiary/aromatic N) is 7. The molecule has 0 saturated carbocycles. The molecule has 1 aromatic carbocycles. The van der Waals surface area contributed by atoms with Gasteiger partial charge in [0.25, 0.3) is 0 Å². The maximum Gasteiger partial charge on any atom is 0.205 e. The van der Waals surface area contributed by atoms with Crippen LogP contribution < -0.4 is 9.80 Å².